The largest absolute Gasteiger partial charge is 0.497 e. The summed E-state index contributed by atoms with van der Waals surface area (Å²) in [5.41, 5.74) is 0.397. The number of rotatable bonds is 9. The molecule has 146 valence electrons. The highest BCUT2D eigenvalue weighted by molar-refractivity contribution is 7.15. The van der Waals surface area contributed by atoms with E-state index >= 15 is 0 Å². The first-order chi connectivity index (χ1) is 12.9. The van der Waals surface area contributed by atoms with Gasteiger partial charge in [0.25, 0.3) is 5.91 Å². The highest BCUT2D eigenvalue weighted by atomic mass is 32.1. The van der Waals surface area contributed by atoms with Crippen LogP contribution in [0.2, 0.25) is 0 Å². The monoisotopic (exact) mass is 392 g/mol. The number of hydrogen-bond donors (Lipinski definition) is 2. The summed E-state index contributed by atoms with van der Waals surface area (Å²) < 4.78 is 10.3. The lowest BCUT2D eigenvalue weighted by Gasteiger charge is -2.09. The lowest BCUT2D eigenvalue weighted by atomic mass is 10.1. The normalized spacial score (nSPS) is 10.6. The van der Waals surface area contributed by atoms with Gasteiger partial charge in [0.15, 0.2) is 0 Å². The van der Waals surface area contributed by atoms with E-state index in [1.54, 1.807) is 18.2 Å². The molecule has 27 heavy (non-hydrogen) atoms. The topological polar surface area (TPSA) is 102 Å². The van der Waals surface area contributed by atoms with Crippen molar-refractivity contribution in [3.05, 3.63) is 28.8 Å². The van der Waals surface area contributed by atoms with Crippen molar-refractivity contribution < 1.29 is 19.1 Å². The second kappa shape index (κ2) is 9.86. The van der Waals surface area contributed by atoms with Crippen LogP contribution in [0.25, 0.3) is 0 Å². The van der Waals surface area contributed by atoms with Crippen LogP contribution in [0.3, 0.4) is 0 Å². The molecular weight excluding hydrogens is 368 g/mol. The molecule has 1 aromatic carbocycles. The van der Waals surface area contributed by atoms with E-state index in [1.165, 1.54) is 25.6 Å². The summed E-state index contributed by atoms with van der Waals surface area (Å²) in [6, 6.07) is 4.89. The van der Waals surface area contributed by atoms with Crippen molar-refractivity contribution in [3.63, 3.8) is 0 Å². The summed E-state index contributed by atoms with van der Waals surface area (Å²) in [5, 5.41) is 14.8. The third kappa shape index (κ3) is 6.52. The Labute approximate surface area is 162 Å². The molecule has 2 rings (SSSR count). The fourth-order valence-electron chi connectivity index (χ4n) is 2.25. The summed E-state index contributed by atoms with van der Waals surface area (Å²) in [5.74, 6) is 0.976. The molecule has 0 aliphatic carbocycles. The highest BCUT2D eigenvalue weighted by Crippen LogP contribution is 2.22. The minimum absolute atomic E-state index is 0.131. The van der Waals surface area contributed by atoms with Gasteiger partial charge in [0.1, 0.15) is 16.5 Å². The molecule has 0 bridgehead atoms. The van der Waals surface area contributed by atoms with Gasteiger partial charge in [-0.1, -0.05) is 25.2 Å². The van der Waals surface area contributed by atoms with Crippen LogP contribution in [0, 0.1) is 5.92 Å². The molecule has 0 spiro atoms. The number of aromatic nitrogens is 2. The Morgan fingerprint density at radius 2 is 1.78 bits per heavy atom. The molecule has 2 N–H and O–H groups in total. The number of anilines is 1. The standard InChI is InChI=1S/C18H24N4O4S/c1-11(2)7-16-21-22-18(27-16)20-15(23)5-6-19-17(24)12-8-13(25-3)10-14(9-12)26-4/h8-11H,5-7H2,1-4H3,(H,19,24)(H,20,22,23). The zero-order valence-corrected chi connectivity index (χ0v) is 16.7. The van der Waals surface area contributed by atoms with Crippen molar-refractivity contribution in [2.24, 2.45) is 5.92 Å². The molecule has 0 saturated heterocycles. The third-order valence-corrected chi connectivity index (χ3v) is 4.41. The first-order valence-electron chi connectivity index (χ1n) is 8.54. The molecule has 0 unspecified atom stereocenters. The van der Waals surface area contributed by atoms with Gasteiger partial charge in [0, 0.05) is 31.0 Å². The SMILES string of the molecule is COc1cc(OC)cc(C(=O)NCCC(=O)Nc2nnc(CC(C)C)s2)c1. The van der Waals surface area contributed by atoms with Crippen LogP contribution in [0.1, 0.15) is 35.6 Å². The first kappa shape index (κ1) is 20.6. The fourth-order valence-corrected chi connectivity index (χ4v) is 3.22. The number of amides is 2. The number of benzene rings is 1. The van der Waals surface area contributed by atoms with Gasteiger partial charge in [-0.3, -0.25) is 9.59 Å². The van der Waals surface area contributed by atoms with E-state index in [2.05, 4.69) is 34.7 Å². The molecule has 0 fully saturated rings. The summed E-state index contributed by atoms with van der Waals surface area (Å²) in [7, 11) is 3.03. The van der Waals surface area contributed by atoms with Crippen LogP contribution in [-0.2, 0) is 11.2 Å². The molecule has 0 saturated carbocycles. The maximum Gasteiger partial charge on any atom is 0.251 e. The Morgan fingerprint density at radius 3 is 2.37 bits per heavy atom. The molecule has 2 amide bonds. The van der Waals surface area contributed by atoms with E-state index in [-0.39, 0.29) is 24.8 Å². The van der Waals surface area contributed by atoms with Crippen molar-refractivity contribution in [1.82, 2.24) is 15.5 Å². The van der Waals surface area contributed by atoms with Crippen molar-refractivity contribution in [1.29, 1.82) is 0 Å². The van der Waals surface area contributed by atoms with Gasteiger partial charge < -0.3 is 20.1 Å². The number of carbonyl (C=O) groups is 2. The number of methoxy groups -OCH3 is 2. The van der Waals surface area contributed by atoms with Crippen LogP contribution in [0.5, 0.6) is 11.5 Å². The number of nitrogens with zero attached hydrogens (tertiary/aromatic N) is 2. The van der Waals surface area contributed by atoms with E-state index in [9.17, 15) is 9.59 Å². The van der Waals surface area contributed by atoms with E-state index in [0.29, 0.717) is 28.1 Å². The van der Waals surface area contributed by atoms with Gasteiger partial charge in [-0.2, -0.15) is 0 Å². The van der Waals surface area contributed by atoms with Crippen molar-refractivity contribution >= 4 is 28.3 Å². The maximum absolute atomic E-state index is 12.3. The molecule has 8 nitrogen and oxygen atoms in total. The van der Waals surface area contributed by atoms with Crippen LogP contribution in [0.4, 0.5) is 5.13 Å². The second-order valence-corrected chi connectivity index (χ2v) is 7.32. The molecule has 9 heteroatoms. The molecule has 1 heterocycles. The van der Waals surface area contributed by atoms with Gasteiger partial charge in [0.2, 0.25) is 11.0 Å². The van der Waals surface area contributed by atoms with Gasteiger partial charge in [0.05, 0.1) is 14.2 Å². The van der Waals surface area contributed by atoms with Crippen LogP contribution < -0.4 is 20.1 Å². The Morgan fingerprint density at radius 1 is 1.11 bits per heavy atom. The maximum atomic E-state index is 12.3. The Hall–Kier alpha value is -2.68. The first-order valence-corrected chi connectivity index (χ1v) is 9.36. The second-order valence-electron chi connectivity index (χ2n) is 6.25. The van der Waals surface area contributed by atoms with E-state index in [4.69, 9.17) is 9.47 Å². The summed E-state index contributed by atoms with van der Waals surface area (Å²) in [6.07, 6.45) is 0.958. The highest BCUT2D eigenvalue weighted by Gasteiger charge is 2.12. The van der Waals surface area contributed by atoms with Crippen LogP contribution >= 0.6 is 11.3 Å². The quantitative estimate of drug-likeness (QED) is 0.680. The van der Waals surface area contributed by atoms with E-state index < -0.39 is 0 Å². The smallest absolute Gasteiger partial charge is 0.251 e. The molecule has 0 aliphatic rings. The van der Waals surface area contributed by atoms with Crippen molar-refractivity contribution in [3.8, 4) is 11.5 Å². The lowest BCUT2D eigenvalue weighted by Crippen LogP contribution is -2.27. The van der Waals surface area contributed by atoms with Gasteiger partial charge in [-0.25, -0.2) is 0 Å². The minimum atomic E-state index is -0.310. The van der Waals surface area contributed by atoms with Gasteiger partial charge in [-0.05, 0) is 18.1 Å². The van der Waals surface area contributed by atoms with Crippen molar-refractivity contribution in [2.75, 3.05) is 26.1 Å². The van der Waals surface area contributed by atoms with Crippen LogP contribution in [-0.4, -0.2) is 42.8 Å². The van der Waals surface area contributed by atoms with Crippen molar-refractivity contribution in [2.45, 2.75) is 26.7 Å². The predicted octanol–water partition coefficient (Wildman–Crippen LogP) is 2.51. The Kier molecular flexibility index (Phi) is 7.54. The van der Waals surface area contributed by atoms with E-state index in [0.717, 1.165) is 11.4 Å². The molecule has 2 aromatic rings. The van der Waals surface area contributed by atoms with E-state index in [1.807, 2.05) is 0 Å². The molecular formula is C18H24N4O4S. The Bertz CT molecular complexity index is 769. The number of carbonyl (C=O) groups excluding carboxylic acids is 2. The average molecular weight is 392 g/mol. The third-order valence-electron chi connectivity index (χ3n) is 3.55. The molecule has 0 aliphatic heterocycles. The van der Waals surface area contributed by atoms with Gasteiger partial charge >= 0.3 is 0 Å². The molecule has 1 aromatic heterocycles. The number of hydrogen-bond acceptors (Lipinski definition) is 7. The fraction of sp³-hybridized carbons (Fsp3) is 0.444. The number of ether oxygens (including phenoxy) is 2. The minimum Gasteiger partial charge on any atom is -0.497 e. The van der Waals surface area contributed by atoms with Crippen LogP contribution in [0.15, 0.2) is 18.2 Å². The predicted molar refractivity (Wildman–Crippen MR) is 104 cm³/mol. The average Bonchev–Trinajstić information content (AvgIpc) is 3.06. The summed E-state index contributed by atoms with van der Waals surface area (Å²) in [4.78, 5) is 24.3. The molecule has 0 radical (unpaired) electrons. The molecule has 0 atom stereocenters. The zero-order valence-electron chi connectivity index (χ0n) is 15.9. The lowest BCUT2D eigenvalue weighted by molar-refractivity contribution is -0.116. The number of nitrogens with one attached hydrogen (secondary N) is 2. The Balaban J connectivity index is 1.82. The van der Waals surface area contributed by atoms with Gasteiger partial charge in [-0.15, -0.1) is 10.2 Å². The summed E-state index contributed by atoms with van der Waals surface area (Å²) in [6.45, 7) is 4.39. The zero-order chi connectivity index (χ0) is 19.8. The summed E-state index contributed by atoms with van der Waals surface area (Å²) >= 11 is 1.37.